The third kappa shape index (κ3) is 7.20. The molecule has 3 aliphatic heterocycles. The first kappa shape index (κ1) is 33.9. The number of piperidine rings is 1. The molecule has 1 fully saturated rings. The summed E-state index contributed by atoms with van der Waals surface area (Å²) in [6, 6.07) is 14.5. The van der Waals surface area contributed by atoms with Crippen LogP contribution in [0.4, 0.5) is 10.2 Å². The summed E-state index contributed by atoms with van der Waals surface area (Å²) in [4.78, 5) is 20.8. The smallest absolute Gasteiger partial charge is 0.340 e. The van der Waals surface area contributed by atoms with E-state index in [1.54, 1.807) is 13.0 Å². The highest BCUT2D eigenvalue weighted by atomic mass is 19.1. The van der Waals surface area contributed by atoms with Gasteiger partial charge in [-0.2, -0.15) is 9.61 Å². The largest absolute Gasteiger partial charge is 0.490 e. The standard InChI is InChI=1S/C38H47FN4O5/c1-8-45-36(44)34(48-37(4,5)6)33-25(3)40-32-23-30-27-13-9-12-26(21-27)29-22-28(39)14-15-31(29)47-24(2)11-10-20-46-38(7)16-18-42(19-17-38)35(33)43(32)41-30/h9,12-15,21-24,34H,8,10-11,16-20H2,1-7H3. The van der Waals surface area contributed by atoms with Crippen LogP contribution in [0.25, 0.3) is 28.0 Å². The monoisotopic (exact) mass is 658 g/mol. The van der Waals surface area contributed by atoms with Crippen LogP contribution in [0.1, 0.15) is 84.6 Å². The molecule has 48 heavy (non-hydrogen) atoms. The lowest BCUT2D eigenvalue weighted by atomic mass is 9.92. The topological polar surface area (TPSA) is 87.4 Å². The van der Waals surface area contributed by atoms with E-state index in [1.165, 1.54) is 12.1 Å². The van der Waals surface area contributed by atoms with E-state index in [2.05, 4.69) is 11.8 Å². The SMILES string of the molecule is CCOC(=O)C(OC(C)(C)C)c1c(C)nc2cc3nn2c1N1CCC(C)(CC1)OCCCC(C)Oc1ccc(F)cc1-c1cccc-3c1. The molecule has 256 valence electrons. The van der Waals surface area contributed by atoms with Crippen molar-refractivity contribution in [1.82, 2.24) is 14.6 Å². The fourth-order valence-corrected chi connectivity index (χ4v) is 6.64. The van der Waals surface area contributed by atoms with Crippen molar-refractivity contribution in [3.05, 3.63) is 65.6 Å². The first-order valence-electron chi connectivity index (χ1n) is 17.0. The Kier molecular flexibility index (Phi) is 9.51. The van der Waals surface area contributed by atoms with Crippen LogP contribution in [0.2, 0.25) is 0 Å². The predicted molar refractivity (Wildman–Crippen MR) is 184 cm³/mol. The second-order valence-corrected chi connectivity index (χ2v) is 14.2. The molecule has 7 rings (SSSR count). The number of benzene rings is 2. The van der Waals surface area contributed by atoms with E-state index in [4.69, 9.17) is 29.0 Å². The van der Waals surface area contributed by atoms with E-state index in [0.717, 1.165) is 42.6 Å². The number of esters is 1. The van der Waals surface area contributed by atoms with E-state index >= 15 is 0 Å². The summed E-state index contributed by atoms with van der Waals surface area (Å²) in [7, 11) is 0. The highest BCUT2D eigenvalue weighted by Crippen LogP contribution is 2.40. The van der Waals surface area contributed by atoms with Gasteiger partial charge in [0.05, 0.1) is 35.2 Å². The number of hydrogen-bond acceptors (Lipinski definition) is 8. The Bertz CT molecular complexity index is 1790. The number of carbonyl (C=O) groups is 1. The minimum absolute atomic E-state index is 0.0799. The van der Waals surface area contributed by atoms with Crippen molar-refractivity contribution in [2.24, 2.45) is 0 Å². The molecule has 0 aliphatic carbocycles. The van der Waals surface area contributed by atoms with Crippen LogP contribution in [-0.4, -0.2) is 64.2 Å². The second kappa shape index (κ2) is 13.5. The van der Waals surface area contributed by atoms with Crippen LogP contribution in [0.15, 0.2) is 48.5 Å². The first-order chi connectivity index (χ1) is 22.8. The van der Waals surface area contributed by atoms with Gasteiger partial charge >= 0.3 is 5.97 Å². The van der Waals surface area contributed by atoms with E-state index in [0.29, 0.717) is 53.6 Å². The molecular formula is C38H47FN4O5. The molecule has 2 atom stereocenters. The van der Waals surface area contributed by atoms with Crippen molar-refractivity contribution in [1.29, 1.82) is 0 Å². The van der Waals surface area contributed by atoms with Gasteiger partial charge in [0.1, 0.15) is 17.4 Å². The van der Waals surface area contributed by atoms with Crippen LogP contribution < -0.4 is 9.64 Å². The summed E-state index contributed by atoms with van der Waals surface area (Å²) in [6.07, 6.45) is 2.13. The molecule has 5 heterocycles. The third-order valence-electron chi connectivity index (χ3n) is 9.10. The molecule has 1 saturated heterocycles. The molecule has 3 aliphatic rings. The summed E-state index contributed by atoms with van der Waals surface area (Å²) < 4.78 is 41.4. The Labute approximate surface area is 282 Å². The molecule has 0 spiro atoms. The number of rotatable bonds is 4. The molecule has 2 aromatic carbocycles. The highest BCUT2D eigenvalue weighted by Gasteiger charge is 2.38. The number of halogens is 1. The number of fused-ring (bicyclic) bond motifs is 7. The van der Waals surface area contributed by atoms with Crippen LogP contribution >= 0.6 is 0 Å². The van der Waals surface area contributed by atoms with Gasteiger partial charge in [0.15, 0.2) is 11.8 Å². The van der Waals surface area contributed by atoms with E-state index < -0.39 is 17.7 Å². The highest BCUT2D eigenvalue weighted by molar-refractivity contribution is 5.81. The van der Waals surface area contributed by atoms with Gasteiger partial charge in [0.25, 0.3) is 0 Å². The zero-order chi connectivity index (χ0) is 34.2. The Balaban J connectivity index is 1.55. The zero-order valence-corrected chi connectivity index (χ0v) is 29.1. The van der Waals surface area contributed by atoms with E-state index in [9.17, 15) is 9.18 Å². The van der Waals surface area contributed by atoms with Gasteiger partial charge in [0, 0.05) is 42.6 Å². The molecule has 2 aromatic heterocycles. The summed E-state index contributed by atoms with van der Waals surface area (Å²) in [5.74, 6) is 0.590. The van der Waals surface area contributed by atoms with Crippen LogP contribution in [0.3, 0.4) is 0 Å². The minimum atomic E-state index is -1.01. The summed E-state index contributed by atoms with van der Waals surface area (Å²) in [6.45, 7) is 15.9. The number of anilines is 1. The number of hydrogen-bond donors (Lipinski definition) is 0. The lowest BCUT2D eigenvalue weighted by molar-refractivity contribution is -0.166. The fourth-order valence-electron chi connectivity index (χ4n) is 6.64. The Hall–Kier alpha value is -4.02. The van der Waals surface area contributed by atoms with Crippen molar-refractivity contribution in [3.63, 3.8) is 0 Å². The van der Waals surface area contributed by atoms with Crippen LogP contribution in [0.5, 0.6) is 5.75 Å². The number of aryl methyl sites for hydroxylation is 1. The van der Waals surface area contributed by atoms with Gasteiger partial charge in [0.2, 0.25) is 0 Å². The molecule has 0 N–H and O–H groups in total. The van der Waals surface area contributed by atoms with E-state index in [1.807, 2.05) is 69.5 Å². The molecule has 0 saturated carbocycles. The van der Waals surface area contributed by atoms with Crippen LogP contribution in [-0.2, 0) is 19.0 Å². The maximum Gasteiger partial charge on any atom is 0.340 e. The van der Waals surface area contributed by atoms with Gasteiger partial charge in [-0.05, 0) is 104 Å². The average Bonchev–Trinajstić information content (AvgIpc) is 3.46. The van der Waals surface area contributed by atoms with Crippen molar-refractivity contribution < 1.29 is 28.1 Å². The van der Waals surface area contributed by atoms with Crippen molar-refractivity contribution in [2.75, 3.05) is 31.2 Å². The average molecular weight is 659 g/mol. The maximum atomic E-state index is 14.6. The van der Waals surface area contributed by atoms with Crippen LogP contribution in [0, 0.1) is 12.7 Å². The van der Waals surface area contributed by atoms with Crippen molar-refractivity contribution in [2.45, 2.75) is 97.6 Å². The molecular weight excluding hydrogens is 611 g/mol. The van der Waals surface area contributed by atoms with Gasteiger partial charge < -0.3 is 23.8 Å². The summed E-state index contributed by atoms with van der Waals surface area (Å²) >= 11 is 0. The predicted octanol–water partition coefficient (Wildman–Crippen LogP) is 7.87. The Morgan fingerprint density at radius 3 is 2.60 bits per heavy atom. The molecule has 9 nitrogen and oxygen atoms in total. The molecule has 2 unspecified atom stereocenters. The molecule has 0 amide bonds. The van der Waals surface area contributed by atoms with Gasteiger partial charge in [-0.3, -0.25) is 0 Å². The molecule has 4 aromatic rings. The number of ether oxygens (including phenoxy) is 4. The minimum Gasteiger partial charge on any atom is -0.490 e. The molecule has 6 bridgehead atoms. The van der Waals surface area contributed by atoms with Gasteiger partial charge in [-0.25, -0.2) is 14.2 Å². The maximum absolute atomic E-state index is 14.6. The molecule has 0 radical (unpaired) electrons. The number of aromatic nitrogens is 3. The first-order valence-corrected chi connectivity index (χ1v) is 17.0. The zero-order valence-electron chi connectivity index (χ0n) is 29.1. The number of carbonyl (C=O) groups excluding carboxylic acids is 1. The lowest BCUT2D eigenvalue weighted by Crippen LogP contribution is -2.46. The summed E-state index contributed by atoms with van der Waals surface area (Å²) in [5, 5.41) is 5.12. The molecule has 10 heteroatoms. The van der Waals surface area contributed by atoms with Crippen molar-refractivity contribution in [3.8, 4) is 28.1 Å². The summed E-state index contributed by atoms with van der Waals surface area (Å²) in [5.41, 5.74) is 4.05. The second-order valence-electron chi connectivity index (χ2n) is 14.2. The quantitative estimate of drug-likeness (QED) is 0.205. The van der Waals surface area contributed by atoms with Gasteiger partial charge in [-0.15, -0.1) is 0 Å². The van der Waals surface area contributed by atoms with Crippen molar-refractivity contribution >= 4 is 17.4 Å². The number of nitrogens with zero attached hydrogens (tertiary/aromatic N) is 4. The third-order valence-corrected chi connectivity index (χ3v) is 9.10. The Morgan fingerprint density at radius 1 is 1.12 bits per heavy atom. The fraction of sp³-hybridized carbons (Fsp3) is 0.500. The van der Waals surface area contributed by atoms with Gasteiger partial charge in [-0.1, -0.05) is 18.2 Å². The Morgan fingerprint density at radius 2 is 1.88 bits per heavy atom. The van der Waals surface area contributed by atoms with E-state index in [-0.39, 0.29) is 24.1 Å². The lowest BCUT2D eigenvalue weighted by Gasteiger charge is -2.41. The normalized spacial score (nSPS) is 20.8.